The van der Waals surface area contributed by atoms with Crippen molar-refractivity contribution in [3.63, 3.8) is 0 Å². The number of hydrogen-bond acceptors (Lipinski definition) is 4. The number of nitrogens with one attached hydrogen (secondary N) is 1. The van der Waals surface area contributed by atoms with Crippen LogP contribution in [0.1, 0.15) is 76.3 Å². The van der Waals surface area contributed by atoms with Crippen LogP contribution >= 0.6 is 0 Å². The van der Waals surface area contributed by atoms with Gasteiger partial charge in [-0.15, -0.1) is 0 Å². The molecular formula is C29H32N4O2. The average Bonchev–Trinajstić information content (AvgIpc) is 3.61. The van der Waals surface area contributed by atoms with E-state index in [1.54, 1.807) is 0 Å². The third-order valence-electron chi connectivity index (χ3n) is 7.57. The number of imidazole rings is 1. The van der Waals surface area contributed by atoms with Crippen LogP contribution in [0.2, 0.25) is 0 Å². The van der Waals surface area contributed by atoms with Crippen LogP contribution in [0, 0.1) is 18.3 Å². The summed E-state index contributed by atoms with van der Waals surface area (Å²) in [4.78, 5) is 23.8. The van der Waals surface area contributed by atoms with Gasteiger partial charge in [0.15, 0.2) is 0 Å². The maximum Gasteiger partial charge on any atom is 0.254 e. The average molecular weight is 469 g/mol. The number of likely N-dealkylation sites (tertiary alicyclic amines) is 1. The molecule has 2 aliphatic rings. The molecule has 6 heteroatoms. The summed E-state index contributed by atoms with van der Waals surface area (Å²) in [5, 5.41) is 9.04. The van der Waals surface area contributed by atoms with Crippen molar-refractivity contribution in [2.75, 3.05) is 26.3 Å². The van der Waals surface area contributed by atoms with Gasteiger partial charge in [-0.05, 0) is 73.4 Å². The first-order valence-corrected chi connectivity index (χ1v) is 12.6. The summed E-state index contributed by atoms with van der Waals surface area (Å²) >= 11 is 0. The number of rotatable bonds is 5. The molecule has 2 aromatic carbocycles. The number of benzene rings is 2. The first-order chi connectivity index (χ1) is 17.1. The van der Waals surface area contributed by atoms with E-state index in [9.17, 15) is 4.79 Å². The monoisotopic (exact) mass is 468 g/mol. The Hall–Kier alpha value is -3.43. The fourth-order valence-electron chi connectivity index (χ4n) is 5.39. The molecule has 1 amide bonds. The topological polar surface area (TPSA) is 82.0 Å². The van der Waals surface area contributed by atoms with Gasteiger partial charge in [-0.2, -0.15) is 5.26 Å². The minimum absolute atomic E-state index is 0.109. The van der Waals surface area contributed by atoms with E-state index in [1.807, 2.05) is 29.3 Å². The number of amides is 1. The van der Waals surface area contributed by atoms with Crippen LogP contribution < -0.4 is 0 Å². The second-order valence-electron chi connectivity index (χ2n) is 9.73. The minimum atomic E-state index is 0.109. The van der Waals surface area contributed by atoms with E-state index < -0.39 is 0 Å². The van der Waals surface area contributed by atoms with Gasteiger partial charge < -0.3 is 14.6 Å². The zero-order chi connectivity index (χ0) is 24.4. The largest absolute Gasteiger partial charge is 0.381 e. The molecule has 0 spiro atoms. The lowest BCUT2D eigenvalue weighted by Gasteiger charge is -2.33. The molecule has 1 atom stereocenters. The van der Waals surface area contributed by atoms with Crippen LogP contribution in [0.3, 0.4) is 0 Å². The van der Waals surface area contributed by atoms with Crippen molar-refractivity contribution in [1.82, 2.24) is 14.9 Å². The smallest absolute Gasteiger partial charge is 0.254 e. The molecule has 3 aromatic rings. The van der Waals surface area contributed by atoms with E-state index in [-0.39, 0.29) is 5.91 Å². The summed E-state index contributed by atoms with van der Waals surface area (Å²) in [5.74, 6) is 1.72. The van der Waals surface area contributed by atoms with E-state index in [0.29, 0.717) is 17.4 Å². The molecule has 0 radical (unpaired) electrons. The molecule has 3 heterocycles. The minimum Gasteiger partial charge on any atom is -0.381 e. The summed E-state index contributed by atoms with van der Waals surface area (Å²) in [6.07, 6.45) is 5.60. The zero-order valence-electron chi connectivity index (χ0n) is 20.5. The molecule has 6 nitrogen and oxygen atoms in total. The van der Waals surface area contributed by atoms with Crippen molar-refractivity contribution >= 4 is 5.91 Å². The van der Waals surface area contributed by atoms with Gasteiger partial charge in [-0.1, -0.05) is 25.1 Å². The molecular weight excluding hydrogens is 436 g/mol. The van der Waals surface area contributed by atoms with Crippen LogP contribution in [0.4, 0.5) is 0 Å². The first-order valence-electron chi connectivity index (χ1n) is 12.6. The highest BCUT2D eigenvalue weighted by atomic mass is 16.5. The number of aromatic nitrogens is 2. The lowest BCUT2D eigenvalue weighted by molar-refractivity contribution is 0.0712. The van der Waals surface area contributed by atoms with Crippen molar-refractivity contribution in [1.29, 1.82) is 5.26 Å². The van der Waals surface area contributed by atoms with Crippen molar-refractivity contribution in [2.24, 2.45) is 0 Å². The summed E-state index contributed by atoms with van der Waals surface area (Å²) in [7, 11) is 0. The number of ether oxygens (including phenoxy) is 1. The second-order valence-corrected chi connectivity index (χ2v) is 9.73. The normalized spacial score (nSPS) is 18.5. The Morgan fingerprint density at radius 3 is 2.60 bits per heavy atom. The number of hydrogen-bond donors (Lipinski definition) is 1. The third-order valence-corrected chi connectivity index (χ3v) is 7.57. The van der Waals surface area contributed by atoms with Crippen molar-refractivity contribution in [2.45, 2.75) is 51.4 Å². The Labute approximate surface area is 206 Å². The Morgan fingerprint density at radius 1 is 1.17 bits per heavy atom. The molecule has 2 fully saturated rings. The molecule has 0 aliphatic carbocycles. The predicted molar refractivity (Wildman–Crippen MR) is 135 cm³/mol. The Balaban J connectivity index is 1.34. The number of nitrogens with zero attached hydrogens (tertiary/aromatic N) is 3. The maximum absolute atomic E-state index is 13.7. The number of piperidine rings is 1. The summed E-state index contributed by atoms with van der Waals surface area (Å²) in [5.41, 5.74) is 7.03. The lowest BCUT2D eigenvalue weighted by Crippen LogP contribution is -2.38. The van der Waals surface area contributed by atoms with Crippen molar-refractivity contribution in [3.8, 4) is 17.5 Å². The predicted octanol–water partition coefficient (Wildman–Crippen LogP) is 5.34. The highest BCUT2D eigenvalue weighted by Crippen LogP contribution is 2.32. The van der Waals surface area contributed by atoms with Crippen molar-refractivity contribution in [3.05, 3.63) is 76.1 Å². The number of carbonyl (C=O) groups is 1. The molecule has 1 unspecified atom stereocenters. The van der Waals surface area contributed by atoms with E-state index in [4.69, 9.17) is 10.00 Å². The molecule has 35 heavy (non-hydrogen) atoms. The van der Waals surface area contributed by atoms with Crippen LogP contribution in [0.25, 0.3) is 11.4 Å². The van der Waals surface area contributed by atoms with Gasteiger partial charge in [-0.25, -0.2) is 4.98 Å². The SMILES string of the molecule is CCc1cc(C)c(-c2ncc(C3CCOC3)[nH]2)cc1C(=O)N1CCC(c2ccc(C#N)cc2)CC1. The molecule has 5 rings (SSSR count). The molecule has 2 saturated heterocycles. The molecule has 0 bridgehead atoms. The zero-order valence-corrected chi connectivity index (χ0v) is 20.5. The number of nitriles is 1. The molecule has 2 aliphatic heterocycles. The van der Waals surface area contributed by atoms with Gasteiger partial charge in [0.1, 0.15) is 5.82 Å². The highest BCUT2D eigenvalue weighted by molar-refractivity contribution is 5.97. The molecule has 180 valence electrons. The number of aryl methyl sites for hydroxylation is 2. The molecule has 1 aromatic heterocycles. The Kier molecular flexibility index (Phi) is 6.70. The van der Waals surface area contributed by atoms with Crippen LogP contribution in [-0.2, 0) is 11.2 Å². The highest BCUT2D eigenvalue weighted by Gasteiger charge is 2.27. The quantitative estimate of drug-likeness (QED) is 0.548. The van der Waals surface area contributed by atoms with Gasteiger partial charge in [0.25, 0.3) is 5.91 Å². The van der Waals surface area contributed by atoms with E-state index in [0.717, 1.165) is 85.8 Å². The van der Waals surface area contributed by atoms with Gasteiger partial charge in [0, 0.05) is 48.6 Å². The first kappa shape index (κ1) is 23.3. The number of H-pyrrole nitrogens is 1. The molecule has 0 saturated carbocycles. The fourth-order valence-corrected chi connectivity index (χ4v) is 5.39. The van der Waals surface area contributed by atoms with E-state index in [2.05, 4.69) is 48.1 Å². The maximum atomic E-state index is 13.7. The van der Waals surface area contributed by atoms with Gasteiger partial charge in [0.05, 0.1) is 18.2 Å². The standard InChI is InChI=1S/C29H32N4O2/c1-3-21-14-19(2)25(28-31-17-27(32-28)24-10-13-35-18-24)15-26(21)29(34)33-11-8-23(9-12-33)22-6-4-20(16-30)5-7-22/h4-7,14-15,17,23-24H,3,8-13,18H2,1-2H3,(H,31,32). The Bertz CT molecular complexity index is 1240. The van der Waals surface area contributed by atoms with E-state index in [1.165, 1.54) is 5.56 Å². The van der Waals surface area contributed by atoms with Gasteiger partial charge >= 0.3 is 0 Å². The summed E-state index contributed by atoms with van der Waals surface area (Å²) in [6, 6.07) is 14.2. The molecule has 1 N–H and O–H groups in total. The van der Waals surface area contributed by atoms with Crippen LogP contribution in [0.5, 0.6) is 0 Å². The van der Waals surface area contributed by atoms with E-state index >= 15 is 0 Å². The Morgan fingerprint density at radius 2 is 1.94 bits per heavy atom. The third kappa shape index (κ3) is 4.74. The number of aromatic amines is 1. The number of carbonyl (C=O) groups excluding carboxylic acids is 1. The summed E-state index contributed by atoms with van der Waals surface area (Å²) in [6.45, 7) is 7.20. The van der Waals surface area contributed by atoms with Crippen LogP contribution in [-0.4, -0.2) is 47.1 Å². The van der Waals surface area contributed by atoms with Gasteiger partial charge in [0.2, 0.25) is 0 Å². The fraction of sp³-hybridized carbons (Fsp3) is 0.414. The van der Waals surface area contributed by atoms with Crippen molar-refractivity contribution < 1.29 is 9.53 Å². The summed E-state index contributed by atoms with van der Waals surface area (Å²) < 4.78 is 5.53. The van der Waals surface area contributed by atoms with Gasteiger partial charge in [-0.3, -0.25) is 4.79 Å². The van der Waals surface area contributed by atoms with Crippen LogP contribution in [0.15, 0.2) is 42.6 Å². The second kappa shape index (κ2) is 10.1. The lowest BCUT2D eigenvalue weighted by atomic mass is 9.88.